The summed E-state index contributed by atoms with van der Waals surface area (Å²) in [6.07, 6.45) is 2.03. The number of benzene rings is 1. The Bertz CT molecular complexity index is 873. The van der Waals surface area contributed by atoms with E-state index in [0.29, 0.717) is 44.0 Å². The number of nitrogens with zero attached hydrogens (tertiary/aromatic N) is 1. The molecule has 1 aliphatic rings. The van der Waals surface area contributed by atoms with Gasteiger partial charge in [-0.25, -0.2) is 8.42 Å². The number of anilines is 1. The zero-order valence-corrected chi connectivity index (χ0v) is 16.9. The standard InChI is InChI=1S/C19H24N2O4S2/c1-15-7-8-16(20-19(22)6-2-4-17-5-3-13-26-17)14-18(15)27(23,24)21-9-11-25-12-10-21/h3,5,7-8,13-14H,2,4,6,9-12H2,1H3,(H,20,22). The number of sulfonamides is 1. The molecule has 1 fully saturated rings. The highest BCUT2D eigenvalue weighted by Gasteiger charge is 2.28. The molecule has 1 aromatic heterocycles. The van der Waals surface area contributed by atoms with Crippen molar-refractivity contribution in [2.75, 3.05) is 31.6 Å². The van der Waals surface area contributed by atoms with Crippen molar-refractivity contribution in [1.82, 2.24) is 4.31 Å². The third-order valence-electron chi connectivity index (χ3n) is 4.47. The summed E-state index contributed by atoms with van der Waals surface area (Å²) >= 11 is 1.69. The normalized spacial score (nSPS) is 15.6. The molecule has 1 saturated heterocycles. The Labute approximate surface area is 164 Å². The van der Waals surface area contributed by atoms with Gasteiger partial charge in [-0.1, -0.05) is 12.1 Å². The Morgan fingerprint density at radius 3 is 2.74 bits per heavy atom. The summed E-state index contributed by atoms with van der Waals surface area (Å²) in [6.45, 7) is 3.26. The number of hydrogen-bond acceptors (Lipinski definition) is 5. The maximum absolute atomic E-state index is 12.9. The van der Waals surface area contributed by atoms with Crippen LogP contribution in [-0.4, -0.2) is 44.9 Å². The zero-order chi connectivity index (χ0) is 19.3. The van der Waals surface area contributed by atoms with Gasteiger partial charge in [0.25, 0.3) is 0 Å². The topological polar surface area (TPSA) is 75.7 Å². The average molecular weight is 409 g/mol. The molecule has 2 heterocycles. The zero-order valence-electron chi connectivity index (χ0n) is 15.3. The number of ether oxygens (including phenoxy) is 1. The second-order valence-corrected chi connectivity index (χ2v) is 9.42. The lowest BCUT2D eigenvalue weighted by atomic mass is 10.2. The summed E-state index contributed by atoms with van der Waals surface area (Å²) in [7, 11) is -3.59. The molecule has 146 valence electrons. The van der Waals surface area contributed by atoms with E-state index in [2.05, 4.69) is 11.4 Å². The Morgan fingerprint density at radius 2 is 2.04 bits per heavy atom. The molecule has 0 bridgehead atoms. The number of hydrogen-bond donors (Lipinski definition) is 1. The molecule has 0 atom stereocenters. The number of rotatable bonds is 7. The van der Waals surface area contributed by atoms with Crippen LogP contribution in [0.25, 0.3) is 0 Å². The number of carbonyl (C=O) groups excluding carboxylic acids is 1. The maximum Gasteiger partial charge on any atom is 0.243 e. The summed E-state index contributed by atoms with van der Waals surface area (Å²) in [5.74, 6) is -0.106. The highest BCUT2D eigenvalue weighted by Crippen LogP contribution is 2.24. The van der Waals surface area contributed by atoms with Gasteiger partial charge in [0, 0.05) is 30.1 Å². The molecule has 1 N–H and O–H groups in total. The molecule has 1 amide bonds. The van der Waals surface area contributed by atoms with Crippen molar-refractivity contribution in [3.8, 4) is 0 Å². The Morgan fingerprint density at radius 1 is 1.26 bits per heavy atom. The monoisotopic (exact) mass is 408 g/mol. The van der Waals surface area contributed by atoms with E-state index in [4.69, 9.17) is 4.74 Å². The van der Waals surface area contributed by atoms with Gasteiger partial charge in [0.05, 0.1) is 18.1 Å². The fourth-order valence-electron chi connectivity index (χ4n) is 2.98. The Balaban J connectivity index is 1.64. The summed E-state index contributed by atoms with van der Waals surface area (Å²) in [5.41, 5.74) is 1.17. The first-order valence-electron chi connectivity index (χ1n) is 8.97. The van der Waals surface area contributed by atoms with Crippen molar-refractivity contribution in [3.63, 3.8) is 0 Å². The smallest absolute Gasteiger partial charge is 0.243 e. The lowest BCUT2D eigenvalue weighted by Gasteiger charge is -2.26. The van der Waals surface area contributed by atoms with E-state index in [1.54, 1.807) is 36.5 Å². The van der Waals surface area contributed by atoms with E-state index < -0.39 is 10.0 Å². The number of carbonyl (C=O) groups is 1. The maximum atomic E-state index is 12.9. The molecule has 0 spiro atoms. The van der Waals surface area contributed by atoms with Crippen LogP contribution < -0.4 is 5.32 Å². The number of morpholine rings is 1. The van der Waals surface area contributed by atoms with E-state index in [1.807, 2.05) is 11.4 Å². The van der Waals surface area contributed by atoms with Gasteiger partial charge in [-0.05, 0) is 48.9 Å². The number of thiophene rings is 1. The first kappa shape index (κ1) is 20.0. The van der Waals surface area contributed by atoms with Crippen LogP contribution in [0.15, 0.2) is 40.6 Å². The van der Waals surface area contributed by atoms with Crippen LogP contribution in [0.1, 0.15) is 23.3 Å². The molecule has 0 radical (unpaired) electrons. The van der Waals surface area contributed by atoms with Gasteiger partial charge >= 0.3 is 0 Å². The molecule has 1 aliphatic heterocycles. The van der Waals surface area contributed by atoms with Crippen molar-refractivity contribution >= 4 is 33.0 Å². The molecule has 1 aromatic carbocycles. The van der Waals surface area contributed by atoms with E-state index in [-0.39, 0.29) is 10.8 Å². The predicted molar refractivity (Wildman–Crippen MR) is 107 cm³/mol. The highest BCUT2D eigenvalue weighted by atomic mass is 32.2. The minimum Gasteiger partial charge on any atom is -0.379 e. The van der Waals surface area contributed by atoms with Gasteiger partial charge in [-0.3, -0.25) is 4.79 Å². The van der Waals surface area contributed by atoms with Crippen molar-refractivity contribution in [2.45, 2.75) is 31.1 Å². The Kier molecular flexibility index (Phi) is 6.64. The molecule has 2 aromatic rings. The molecule has 0 saturated carbocycles. The number of nitrogens with one attached hydrogen (secondary N) is 1. The first-order valence-corrected chi connectivity index (χ1v) is 11.3. The van der Waals surface area contributed by atoms with Crippen molar-refractivity contribution < 1.29 is 17.9 Å². The molecule has 0 unspecified atom stereocenters. The fraction of sp³-hybridized carbons (Fsp3) is 0.421. The number of aryl methyl sites for hydroxylation is 2. The van der Waals surface area contributed by atoms with Crippen LogP contribution >= 0.6 is 11.3 Å². The van der Waals surface area contributed by atoms with Crippen LogP contribution in [0.4, 0.5) is 5.69 Å². The third-order valence-corrected chi connectivity index (χ3v) is 7.44. The highest BCUT2D eigenvalue weighted by molar-refractivity contribution is 7.89. The van der Waals surface area contributed by atoms with Gasteiger partial charge in [0.1, 0.15) is 0 Å². The van der Waals surface area contributed by atoms with Crippen molar-refractivity contribution in [1.29, 1.82) is 0 Å². The first-order chi connectivity index (χ1) is 13.0. The molecular weight excluding hydrogens is 384 g/mol. The van der Waals surface area contributed by atoms with Crippen molar-refractivity contribution in [3.05, 3.63) is 46.2 Å². The van der Waals surface area contributed by atoms with Gasteiger partial charge in [0.15, 0.2) is 0 Å². The van der Waals surface area contributed by atoms with Crippen LogP contribution in [0.3, 0.4) is 0 Å². The van der Waals surface area contributed by atoms with Crippen LogP contribution in [0.2, 0.25) is 0 Å². The third kappa shape index (κ3) is 5.16. The van der Waals surface area contributed by atoms with E-state index in [1.165, 1.54) is 9.18 Å². The second-order valence-electron chi connectivity index (χ2n) is 6.48. The van der Waals surface area contributed by atoms with E-state index in [0.717, 1.165) is 12.8 Å². The van der Waals surface area contributed by atoms with E-state index in [9.17, 15) is 13.2 Å². The molecular formula is C19H24N2O4S2. The fourth-order valence-corrected chi connectivity index (χ4v) is 5.39. The van der Waals surface area contributed by atoms with Crippen LogP contribution in [0, 0.1) is 6.92 Å². The molecule has 3 rings (SSSR count). The minimum atomic E-state index is -3.59. The molecule has 27 heavy (non-hydrogen) atoms. The lowest BCUT2D eigenvalue weighted by molar-refractivity contribution is -0.116. The second kappa shape index (κ2) is 8.97. The Hall–Kier alpha value is -1.74. The molecule has 0 aliphatic carbocycles. The number of amides is 1. The predicted octanol–water partition coefficient (Wildman–Crippen LogP) is 3.04. The lowest BCUT2D eigenvalue weighted by Crippen LogP contribution is -2.40. The van der Waals surface area contributed by atoms with Gasteiger partial charge in [-0.15, -0.1) is 11.3 Å². The molecule has 8 heteroatoms. The average Bonchev–Trinajstić information content (AvgIpc) is 3.17. The van der Waals surface area contributed by atoms with Crippen LogP contribution in [0.5, 0.6) is 0 Å². The van der Waals surface area contributed by atoms with Gasteiger partial charge < -0.3 is 10.1 Å². The molecule has 6 nitrogen and oxygen atoms in total. The van der Waals surface area contributed by atoms with Gasteiger partial charge in [0.2, 0.25) is 15.9 Å². The summed E-state index contributed by atoms with van der Waals surface area (Å²) in [6, 6.07) is 9.09. The van der Waals surface area contributed by atoms with E-state index >= 15 is 0 Å². The van der Waals surface area contributed by atoms with Crippen molar-refractivity contribution in [2.24, 2.45) is 0 Å². The minimum absolute atomic E-state index is 0.106. The SMILES string of the molecule is Cc1ccc(NC(=O)CCCc2cccs2)cc1S(=O)(=O)N1CCOCC1. The summed E-state index contributed by atoms with van der Waals surface area (Å²) < 4.78 is 32.5. The van der Waals surface area contributed by atoms with Crippen LogP contribution in [-0.2, 0) is 26.0 Å². The quantitative estimate of drug-likeness (QED) is 0.764. The summed E-state index contributed by atoms with van der Waals surface area (Å²) in [4.78, 5) is 13.7. The largest absolute Gasteiger partial charge is 0.379 e. The van der Waals surface area contributed by atoms with Gasteiger partial charge in [-0.2, -0.15) is 4.31 Å². The summed E-state index contributed by atoms with van der Waals surface area (Å²) in [5, 5.41) is 4.85.